The van der Waals surface area contributed by atoms with Crippen LogP contribution >= 0.6 is 0 Å². The van der Waals surface area contributed by atoms with E-state index >= 15 is 0 Å². The number of rotatable bonds is 0. The topological polar surface area (TPSA) is 35.5 Å². The number of hydrogen-bond donors (Lipinski definition) is 2. The van der Waals surface area contributed by atoms with Crippen molar-refractivity contribution in [3.05, 3.63) is 29.8 Å². The number of fused-ring (bicyclic) bond motifs is 2. The average Bonchev–Trinajstić information content (AvgIpc) is 2.53. The highest BCUT2D eigenvalue weighted by Gasteiger charge is 2.33. The molecule has 2 aliphatic rings. The third kappa shape index (κ3) is 1.21. The summed E-state index contributed by atoms with van der Waals surface area (Å²) >= 11 is 0. The molecule has 0 saturated carbocycles. The zero-order chi connectivity index (χ0) is 9.54. The van der Waals surface area contributed by atoms with Crippen LogP contribution in [0, 0.1) is 0 Å². The van der Waals surface area contributed by atoms with Crippen LogP contribution in [0.25, 0.3) is 0 Å². The monoisotopic (exact) mass is 190 g/mol. The highest BCUT2D eigenvalue weighted by molar-refractivity contribution is 5.53. The minimum atomic E-state index is -0.165. The molecule has 1 fully saturated rings. The van der Waals surface area contributed by atoms with Gasteiger partial charge in [-0.05, 0) is 11.6 Å². The van der Waals surface area contributed by atoms with Crippen LogP contribution in [0.15, 0.2) is 24.3 Å². The standard InChI is InChI=1S/C11H14N2O/c14-9-5-11-12-10-4-2-1-3-8(10)6-13(11)7-9/h1-4,9,11-12,14H,5-7H2/t9-,11?/m1/s1. The summed E-state index contributed by atoms with van der Waals surface area (Å²) in [4.78, 5) is 2.30. The first-order chi connectivity index (χ1) is 6.83. The van der Waals surface area contributed by atoms with E-state index in [0.717, 1.165) is 19.5 Å². The summed E-state index contributed by atoms with van der Waals surface area (Å²) in [6.45, 7) is 1.76. The summed E-state index contributed by atoms with van der Waals surface area (Å²) in [5.74, 6) is 0. The van der Waals surface area contributed by atoms with Crippen LogP contribution in [0.5, 0.6) is 0 Å². The van der Waals surface area contributed by atoms with Crippen molar-refractivity contribution in [2.75, 3.05) is 11.9 Å². The van der Waals surface area contributed by atoms with Gasteiger partial charge in [-0.2, -0.15) is 0 Å². The molecule has 2 atom stereocenters. The molecule has 3 rings (SSSR count). The lowest BCUT2D eigenvalue weighted by Gasteiger charge is -2.32. The van der Waals surface area contributed by atoms with E-state index in [-0.39, 0.29) is 6.10 Å². The molecule has 3 heteroatoms. The Labute approximate surface area is 83.3 Å². The van der Waals surface area contributed by atoms with Crippen LogP contribution < -0.4 is 5.32 Å². The maximum absolute atomic E-state index is 9.56. The first-order valence-corrected chi connectivity index (χ1v) is 5.09. The van der Waals surface area contributed by atoms with Crippen molar-refractivity contribution in [3.8, 4) is 0 Å². The number of aliphatic hydroxyl groups excluding tert-OH is 1. The number of para-hydroxylation sites is 1. The molecule has 1 unspecified atom stereocenters. The molecule has 2 heterocycles. The summed E-state index contributed by atoms with van der Waals surface area (Å²) in [5, 5.41) is 13.0. The quantitative estimate of drug-likeness (QED) is 0.640. The fraction of sp³-hybridized carbons (Fsp3) is 0.455. The maximum Gasteiger partial charge on any atom is 0.0822 e. The van der Waals surface area contributed by atoms with Gasteiger partial charge in [0.15, 0.2) is 0 Å². The molecule has 1 aromatic rings. The highest BCUT2D eigenvalue weighted by Crippen LogP contribution is 2.30. The Morgan fingerprint density at radius 2 is 2.21 bits per heavy atom. The van der Waals surface area contributed by atoms with Gasteiger partial charge in [-0.3, -0.25) is 4.90 Å². The lowest BCUT2D eigenvalue weighted by atomic mass is 10.1. The van der Waals surface area contributed by atoms with E-state index in [2.05, 4.69) is 28.4 Å². The molecular weight excluding hydrogens is 176 g/mol. The molecule has 0 radical (unpaired) electrons. The Bertz CT molecular complexity index is 320. The zero-order valence-corrected chi connectivity index (χ0v) is 7.98. The molecule has 1 aromatic carbocycles. The van der Waals surface area contributed by atoms with E-state index in [1.165, 1.54) is 11.3 Å². The number of nitrogens with one attached hydrogen (secondary N) is 1. The fourth-order valence-corrected chi connectivity index (χ4v) is 2.40. The molecule has 0 bridgehead atoms. The van der Waals surface area contributed by atoms with Gasteiger partial charge in [0.05, 0.1) is 12.3 Å². The van der Waals surface area contributed by atoms with E-state index in [1.54, 1.807) is 0 Å². The predicted octanol–water partition coefficient (Wildman–Crippen LogP) is 1.00. The second kappa shape index (κ2) is 2.97. The minimum Gasteiger partial charge on any atom is -0.392 e. The van der Waals surface area contributed by atoms with Gasteiger partial charge >= 0.3 is 0 Å². The normalized spacial score (nSPS) is 30.6. The Hall–Kier alpha value is -1.06. The summed E-state index contributed by atoms with van der Waals surface area (Å²) in [5.41, 5.74) is 2.56. The average molecular weight is 190 g/mol. The third-order valence-electron chi connectivity index (χ3n) is 3.09. The number of anilines is 1. The molecule has 3 nitrogen and oxygen atoms in total. The molecule has 14 heavy (non-hydrogen) atoms. The van der Waals surface area contributed by atoms with Gasteiger partial charge in [-0.25, -0.2) is 0 Å². The Morgan fingerprint density at radius 1 is 1.36 bits per heavy atom. The Balaban J connectivity index is 1.91. The van der Waals surface area contributed by atoms with Crippen molar-refractivity contribution < 1.29 is 5.11 Å². The van der Waals surface area contributed by atoms with Crippen LogP contribution in [0.1, 0.15) is 12.0 Å². The lowest BCUT2D eigenvalue weighted by Crippen LogP contribution is -2.39. The summed E-state index contributed by atoms with van der Waals surface area (Å²) < 4.78 is 0. The molecule has 0 amide bonds. The maximum atomic E-state index is 9.56. The van der Waals surface area contributed by atoms with Crippen molar-refractivity contribution in [1.82, 2.24) is 4.90 Å². The molecular formula is C11H14N2O. The van der Waals surface area contributed by atoms with E-state index in [1.807, 2.05) is 6.07 Å². The SMILES string of the molecule is O[C@@H]1CC2Nc3ccccc3CN2C1. The first kappa shape index (κ1) is 8.26. The zero-order valence-electron chi connectivity index (χ0n) is 7.98. The smallest absolute Gasteiger partial charge is 0.0822 e. The summed E-state index contributed by atoms with van der Waals surface area (Å²) in [7, 11) is 0. The largest absolute Gasteiger partial charge is 0.392 e. The van der Waals surface area contributed by atoms with E-state index in [9.17, 15) is 5.11 Å². The van der Waals surface area contributed by atoms with Crippen molar-refractivity contribution >= 4 is 5.69 Å². The fourth-order valence-electron chi connectivity index (χ4n) is 2.40. The Morgan fingerprint density at radius 3 is 3.14 bits per heavy atom. The van der Waals surface area contributed by atoms with Crippen molar-refractivity contribution in [1.29, 1.82) is 0 Å². The van der Waals surface area contributed by atoms with Crippen LogP contribution in [-0.2, 0) is 6.54 Å². The van der Waals surface area contributed by atoms with Crippen molar-refractivity contribution in [3.63, 3.8) is 0 Å². The van der Waals surface area contributed by atoms with Crippen molar-refractivity contribution in [2.24, 2.45) is 0 Å². The molecule has 0 aromatic heterocycles. The summed E-state index contributed by atoms with van der Waals surface area (Å²) in [6.07, 6.45) is 1.01. The van der Waals surface area contributed by atoms with Gasteiger partial charge in [0, 0.05) is 25.2 Å². The molecule has 1 saturated heterocycles. The van der Waals surface area contributed by atoms with Gasteiger partial charge in [0.2, 0.25) is 0 Å². The molecule has 0 spiro atoms. The number of aliphatic hydroxyl groups is 1. The van der Waals surface area contributed by atoms with E-state index < -0.39 is 0 Å². The van der Waals surface area contributed by atoms with Crippen LogP contribution in [0.2, 0.25) is 0 Å². The first-order valence-electron chi connectivity index (χ1n) is 5.09. The molecule has 74 valence electrons. The summed E-state index contributed by atoms with van der Waals surface area (Å²) in [6, 6.07) is 8.36. The van der Waals surface area contributed by atoms with E-state index in [4.69, 9.17) is 0 Å². The van der Waals surface area contributed by atoms with Gasteiger partial charge in [-0.1, -0.05) is 18.2 Å². The van der Waals surface area contributed by atoms with Crippen LogP contribution in [0.3, 0.4) is 0 Å². The third-order valence-corrected chi connectivity index (χ3v) is 3.09. The molecule has 2 aliphatic heterocycles. The lowest BCUT2D eigenvalue weighted by molar-refractivity contribution is 0.172. The van der Waals surface area contributed by atoms with Gasteiger partial charge in [0.25, 0.3) is 0 Å². The molecule has 0 aliphatic carbocycles. The van der Waals surface area contributed by atoms with Crippen molar-refractivity contribution in [2.45, 2.75) is 25.2 Å². The van der Waals surface area contributed by atoms with Crippen LogP contribution in [0.4, 0.5) is 5.69 Å². The second-order valence-electron chi connectivity index (χ2n) is 4.14. The minimum absolute atomic E-state index is 0.165. The van der Waals surface area contributed by atoms with Crippen LogP contribution in [-0.4, -0.2) is 28.8 Å². The predicted molar refractivity (Wildman–Crippen MR) is 54.9 cm³/mol. The second-order valence-corrected chi connectivity index (χ2v) is 4.14. The number of benzene rings is 1. The number of hydrogen-bond acceptors (Lipinski definition) is 3. The Kier molecular flexibility index (Phi) is 1.75. The van der Waals surface area contributed by atoms with Gasteiger partial charge < -0.3 is 10.4 Å². The molecule has 2 N–H and O–H groups in total. The highest BCUT2D eigenvalue weighted by atomic mass is 16.3. The van der Waals surface area contributed by atoms with Gasteiger partial charge in [0.1, 0.15) is 0 Å². The number of nitrogens with zero attached hydrogens (tertiary/aromatic N) is 1. The van der Waals surface area contributed by atoms with Gasteiger partial charge in [-0.15, -0.1) is 0 Å². The van der Waals surface area contributed by atoms with E-state index in [0.29, 0.717) is 6.17 Å².